The Morgan fingerprint density at radius 3 is 1.97 bits per heavy atom. The first-order valence-electron chi connectivity index (χ1n) is 11.2. The minimum atomic E-state index is -0.250. The van der Waals surface area contributed by atoms with E-state index in [9.17, 15) is 14.4 Å². The zero-order valence-electron chi connectivity index (χ0n) is 17.8. The van der Waals surface area contributed by atoms with Crippen LogP contribution in [0.15, 0.2) is 48.5 Å². The molecule has 4 aliphatic rings. The third-order valence-corrected chi connectivity index (χ3v) is 7.45. The van der Waals surface area contributed by atoms with Crippen molar-refractivity contribution < 1.29 is 14.4 Å². The van der Waals surface area contributed by atoms with Gasteiger partial charge in [0.15, 0.2) is 5.78 Å². The highest BCUT2D eigenvalue weighted by molar-refractivity contribution is 6.05. The van der Waals surface area contributed by atoms with Gasteiger partial charge >= 0.3 is 0 Å². The number of nitrogens with one attached hydrogen (secondary N) is 2. The molecule has 2 aromatic rings. The van der Waals surface area contributed by atoms with E-state index >= 15 is 0 Å². The summed E-state index contributed by atoms with van der Waals surface area (Å²) in [4.78, 5) is 37.3. The average molecular weight is 417 g/mol. The molecule has 5 nitrogen and oxygen atoms in total. The fourth-order valence-corrected chi connectivity index (χ4v) is 6.38. The third-order valence-electron chi connectivity index (χ3n) is 7.45. The van der Waals surface area contributed by atoms with E-state index in [0.717, 1.165) is 42.7 Å². The van der Waals surface area contributed by atoms with Gasteiger partial charge in [0, 0.05) is 22.5 Å². The van der Waals surface area contributed by atoms with Gasteiger partial charge in [-0.15, -0.1) is 0 Å². The summed E-state index contributed by atoms with van der Waals surface area (Å²) < 4.78 is 0. The molecular weight excluding hydrogens is 388 g/mol. The fourth-order valence-electron chi connectivity index (χ4n) is 6.38. The first-order valence-corrected chi connectivity index (χ1v) is 11.2. The lowest BCUT2D eigenvalue weighted by Crippen LogP contribution is -2.51. The first kappa shape index (κ1) is 20.0. The zero-order chi connectivity index (χ0) is 21.6. The molecular formula is C26H28N2O3. The Labute approximate surface area is 182 Å². The van der Waals surface area contributed by atoms with Gasteiger partial charge < -0.3 is 10.6 Å². The standard InChI is InChI=1S/C26H28N2O3/c1-16(29)21-3-2-4-23(12-21)27-24(30)20-5-7-22(8-6-20)28-25(31)26-13-17-9-18(14-26)11-19(10-17)15-26/h2-8,12,17-19H,9-11,13-15H2,1H3,(H,27,30)(H,28,31). The second kappa shape index (κ2) is 7.63. The molecule has 0 radical (unpaired) electrons. The highest BCUT2D eigenvalue weighted by Gasteiger charge is 2.54. The maximum absolute atomic E-state index is 13.2. The molecule has 6 rings (SSSR count). The predicted octanol–water partition coefficient (Wildman–Crippen LogP) is 5.30. The predicted molar refractivity (Wildman–Crippen MR) is 120 cm³/mol. The van der Waals surface area contributed by atoms with Crippen molar-refractivity contribution in [3.05, 3.63) is 59.7 Å². The Hall–Kier alpha value is -2.95. The fraction of sp³-hybridized carbons (Fsp3) is 0.423. The van der Waals surface area contributed by atoms with E-state index in [4.69, 9.17) is 0 Å². The Morgan fingerprint density at radius 1 is 0.774 bits per heavy atom. The number of ketones is 1. The van der Waals surface area contributed by atoms with Crippen LogP contribution in [0.1, 0.15) is 66.2 Å². The number of carbonyl (C=O) groups is 3. The van der Waals surface area contributed by atoms with Crippen LogP contribution in [0, 0.1) is 23.2 Å². The van der Waals surface area contributed by atoms with E-state index in [0.29, 0.717) is 16.8 Å². The van der Waals surface area contributed by atoms with Crippen molar-refractivity contribution in [1.29, 1.82) is 0 Å². The van der Waals surface area contributed by atoms with Gasteiger partial charge in [0.1, 0.15) is 0 Å². The SMILES string of the molecule is CC(=O)c1cccc(NC(=O)c2ccc(NC(=O)C34CC5CC(CC(C5)C3)C4)cc2)c1. The van der Waals surface area contributed by atoms with Crippen LogP contribution in [0.3, 0.4) is 0 Å². The molecule has 31 heavy (non-hydrogen) atoms. The highest BCUT2D eigenvalue weighted by Crippen LogP contribution is 2.60. The average Bonchev–Trinajstić information content (AvgIpc) is 2.73. The number of benzene rings is 2. The van der Waals surface area contributed by atoms with E-state index in [-0.39, 0.29) is 23.0 Å². The van der Waals surface area contributed by atoms with Gasteiger partial charge in [0.2, 0.25) is 5.91 Å². The smallest absolute Gasteiger partial charge is 0.255 e. The number of rotatable bonds is 5. The molecule has 0 aliphatic heterocycles. The van der Waals surface area contributed by atoms with Crippen molar-refractivity contribution in [3.63, 3.8) is 0 Å². The second-order valence-electron chi connectivity index (χ2n) is 9.82. The van der Waals surface area contributed by atoms with Crippen LogP contribution in [0.4, 0.5) is 11.4 Å². The monoisotopic (exact) mass is 416 g/mol. The van der Waals surface area contributed by atoms with E-state index in [2.05, 4.69) is 10.6 Å². The molecule has 0 aromatic heterocycles. The molecule has 5 heteroatoms. The molecule has 0 atom stereocenters. The summed E-state index contributed by atoms with van der Waals surface area (Å²) in [6.07, 6.45) is 7.03. The summed E-state index contributed by atoms with van der Waals surface area (Å²) in [7, 11) is 0. The van der Waals surface area contributed by atoms with E-state index in [1.165, 1.54) is 26.2 Å². The Morgan fingerprint density at radius 2 is 1.39 bits per heavy atom. The molecule has 0 spiro atoms. The van der Waals surface area contributed by atoms with Gasteiger partial charge in [-0.3, -0.25) is 14.4 Å². The Bertz CT molecular complexity index is 1010. The maximum Gasteiger partial charge on any atom is 0.255 e. The van der Waals surface area contributed by atoms with Crippen LogP contribution in [0.25, 0.3) is 0 Å². The Balaban J connectivity index is 1.24. The summed E-state index contributed by atoms with van der Waals surface area (Å²) in [6.45, 7) is 1.50. The summed E-state index contributed by atoms with van der Waals surface area (Å²) in [5.74, 6) is 2.04. The Kier molecular flexibility index (Phi) is 4.92. The molecule has 160 valence electrons. The number of amides is 2. The normalized spacial score (nSPS) is 28.2. The van der Waals surface area contributed by atoms with Crippen molar-refractivity contribution in [2.75, 3.05) is 10.6 Å². The number of anilines is 2. The summed E-state index contributed by atoms with van der Waals surface area (Å²) >= 11 is 0. The van der Waals surface area contributed by atoms with Crippen LogP contribution in [-0.2, 0) is 4.79 Å². The zero-order valence-corrected chi connectivity index (χ0v) is 17.8. The van der Waals surface area contributed by atoms with E-state index in [1.807, 2.05) is 0 Å². The van der Waals surface area contributed by atoms with Gasteiger partial charge in [-0.25, -0.2) is 0 Å². The van der Waals surface area contributed by atoms with Crippen molar-refractivity contribution in [2.24, 2.45) is 23.2 Å². The number of hydrogen-bond acceptors (Lipinski definition) is 3. The number of Topliss-reactive ketones (excluding diaryl/α,β-unsaturated/α-hetero) is 1. The summed E-state index contributed by atoms with van der Waals surface area (Å²) in [5, 5.41) is 5.95. The third kappa shape index (κ3) is 3.89. The van der Waals surface area contributed by atoms with Crippen LogP contribution in [0.5, 0.6) is 0 Å². The van der Waals surface area contributed by atoms with Crippen LogP contribution < -0.4 is 10.6 Å². The van der Waals surface area contributed by atoms with Crippen molar-refractivity contribution in [3.8, 4) is 0 Å². The topological polar surface area (TPSA) is 75.3 Å². The number of carbonyl (C=O) groups excluding carboxylic acids is 3. The molecule has 2 amide bonds. The second-order valence-corrected chi connectivity index (χ2v) is 9.82. The molecule has 4 bridgehead atoms. The van der Waals surface area contributed by atoms with Crippen LogP contribution in [0.2, 0.25) is 0 Å². The molecule has 4 aliphatic carbocycles. The largest absolute Gasteiger partial charge is 0.326 e. The quantitative estimate of drug-likeness (QED) is 0.650. The van der Waals surface area contributed by atoms with Crippen LogP contribution in [-0.4, -0.2) is 17.6 Å². The van der Waals surface area contributed by atoms with Gasteiger partial charge in [-0.2, -0.15) is 0 Å². The lowest BCUT2D eigenvalue weighted by Gasteiger charge is -2.55. The van der Waals surface area contributed by atoms with Gasteiger partial charge in [0.05, 0.1) is 5.41 Å². The first-order chi connectivity index (χ1) is 14.9. The summed E-state index contributed by atoms with van der Waals surface area (Å²) in [6, 6.07) is 13.9. The minimum absolute atomic E-state index is 0.0461. The lowest BCUT2D eigenvalue weighted by molar-refractivity contribution is -0.140. The van der Waals surface area contributed by atoms with Gasteiger partial charge in [-0.1, -0.05) is 12.1 Å². The molecule has 4 fully saturated rings. The molecule has 0 unspecified atom stereocenters. The maximum atomic E-state index is 13.2. The highest BCUT2D eigenvalue weighted by atomic mass is 16.2. The molecule has 0 saturated heterocycles. The van der Waals surface area contributed by atoms with Gasteiger partial charge in [0.25, 0.3) is 5.91 Å². The van der Waals surface area contributed by atoms with Crippen molar-refractivity contribution >= 4 is 29.0 Å². The molecule has 4 saturated carbocycles. The molecule has 0 heterocycles. The van der Waals surface area contributed by atoms with Gasteiger partial charge in [-0.05, 0) is 99.6 Å². The van der Waals surface area contributed by atoms with Crippen LogP contribution >= 0.6 is 0 Å². The van der Waals surface area contributed by atoms with Crippen molar-refractivity contribution in [2.45, 2.75) is 45.4 Å². The summed E-state index contributed by atoms with van der Waals surface area (Å²) in [5.41, 5.74) is 2.18. The van der Waals surface area contributed by atoms with E-state index < -0.39 is 0 Å². The lowest BCUT2D eigenvalue weighted by atomic mass is 9.49. The van der Waals surface area contributed by atoms with E-state index in [1.54, 1.807) is 48.5 Å². The molecule has 2 aromatic carbocycles. The number of hydrogen-bond donors (Lipinski definition) is 2. The molecule has 2 N–H and O–H groups in total. The minimum Gasteiger partial charge on any atom is -0.326 e. The van der Waals surface area contributed by atoms with Crippen molar-refractivity contribution in [1.82, 2.24) is 0 Å².